The highest BCUT2D eigenvalue weighted by Gasteiger charge is 2.29. The molecule has 1 rings (SSSR count). The molecule has 0 amide bonds. The maximum atomic E-state index is 11.2. The van der Waals surface area contributed by atoms with Gasteiger partial charge in [-0.25, -0.2) is 8.42 Å². The second-order valence-corrected chi connectivity index (χ2v) is 5.37. The Morgan fingerprint density at radius 1 is 1.54 bits per heavy atom. The molecule has 0 aliphatic carbocycles. The third kappa shape index (κ3) is 2.91. The molecule has 0 spiro atoms. The normalized spacial score (nSPS) is 31.9. The number of ether oxygens (including phenoxy) is 1. The van der Waals surface area contributed by atoms with Gasteiger partial charge in [-0.1, -0.05) is 0 Å². The Balaban J connectivity index is 2.68. The van der Waals surface area contributed by atoms with Crippen LogP contribution in [0.4, 0.5) is 0 Å². The molecule has 2 atom stereocenters. The standard InChI is InChI=1S/C7H16N2O3S/c1-6-4-9(13(2,10)11)5-7(3-8)12-6/h6-7H,3-5,8H2,1-2H3. The van der Waals surface area contributed by atoms with Crippen LogP contribution >= 0.6 is 0 Å². The first-order valence-electron chi connectivity index (χ1n) is 4.24. The summed E-state index contributed by atoms with van der Waals surface area (Å²) in [6, 6.07) is 0. The molecule has 78 valence electrons. The van der Waals surface area contributed by atoms with E-state index in [9.17, 15) is 8.42 Å². The highest BCUT2D eigenvalue weighted by molar-refractivity contribution is 7.88. The van der Waals surface area contributed by atoms with Gasteiger partial charge in [0, 0.05) is 19.6 Å². The van der Waals surface area contributed by atoms with Crippen LogP contribution in [0.25, 0.3) is 0 Å². The molecule has 1 heterocycles. The lowest BCUT2D eigenvalue weighted by Crippen LogP contribution is -2.50. The average molecular weight is 208 g/mol. The van der Waals surface area contributed by atoms with E-state index in [0.717, 1.165) is 0 Å². The largest absolute Gasteiger partial charge is 0.371 e. The smallest absolute Gasteiger partial charge is 0.211 e. The van der Waals surface area contributed by atoms with Gasteiger partial charge in [0.25, 0.3) is 0 Å². The Morgan fingerprint density at radius 2 is 2.15 bits per heavy atom. The lowest BCUT2D eigenvalue weighted by atomic mass is 10.2. The van der Waals surface area contributed by atoms with Crippen LogP contribution < -0.4 is 5.73 Å². The van der Waals surface area contributed by atoms with Crippen LogP contribution in [0.5, 0.6) is 0 Å². The van der Waals surface area contributed by atoms with Gasteiger partial charge in [0.05, 0.1) is 18.5 Å². The predicted molar refractivity (Wildman–Crippen MR) is 49.8 cm³/mol. The summed E-state index contributed by atoms with van der Waals surface area (Å²) in [5, 5.41) is 0. The van der Waals surface area contributed by atoms with Crippen LogP contribution in [0.2, 0.25) is 0 Å². The summed E-state index contributed by atoms with van der Waals surface area (Å²) in [5.74, 6) is 0. The zero-order valence-corrected chi connectivity index (χ0v) is 8.75. The van der Waals surface area contributed by atoms with Crippen molar-refractivity contribution in [1.82, 2.24) is 4.31 Å². The van der Waals surface area contributed by atoms with Crippen molar-refractivity contribution < 1.29 is 13.2 Å². The number of rotatable bonds is 2. The maximum Gasteiger partial charge on any atom is 0.211 e. The summed E-state index contributed by atoms with van der Waals surface area (Å²) in [5.41, 5.74) is 5.42. The van der Waals surface area contributed by atoms with Crippen molar-refractivity contribution in [2.45, 2.75) is 19.1 Å². The molecule has 2 unspecified atom stereocenters. The first-order chi connectivity index (χ1) is 5.93. The van der Waals surface area contributed by atoms with Gasteiger partial charge in [0.15, 0.2) is 0 Å². The van der Waals surface area contributed by atoms with E-state index in [1.54, 1.807) is 0 Å². The number of nitrogens with zero attached hydrogens (tertiary/aromatic N) is 1. The molecule has 0 aromatic heterocycles. The second kappa shape index (κ2) is 3.91. The minimum atomic E-state index is -3.10. The Kier molecular flexibility index (Phi) is 3.28. The molecular formula is C7H16N2O3S. The summed E-state index contributed by atoms with van der Waals surface area (Å²) >= 11 is 0. The predicted octanol–water partition coefficient (Wildman–Crippen LogP) is -1.01. The Bertz CT molecular complexity index is 265. The fraction of sp³-hybridized carbons (Fsp3) is 1.00. The maximum absolute atomic E-state index is 11.2. The highest BCUT2D eigenvalue weighted by Crippen LogP contribution is 2.12. The van der Waals surface area contributed by atoms with Crippen molar-refractivity contribution in [3.05, 3.63) is 0 Å². The minimum absolute atomic E-state index is 0.0722. The lowest BCUT2D eigenvalue weighted by Gasteiger charge is -2.34. The van der Waals surface area contributed by atoms with E-state index in [4.69, 9.17) is 10.5 Å². The summed E-state index contributed by atoms with van der Waals surface area (Å²) in [6.45, 7) is 3.01. The molecule has 0 radical (unpaired) electrons. The minimum Gasteiger partial charge on any atom is -0.371 e. The fourth-order valence-electron chi connectivity index (χ4n) is 1.40. The third-order valence-corrected chi connectivity index (χ3v) is 3.26. The van der Waals surface area contributed by atoms with Crippen molar-refractivity contribution in [2.75, 3.05) is 25.9 Å². The van der Waals surface area contributed by atoms with Gasteiger partial charge in [-0.2, -0.15) is 4.31 Å². The van der Waals surface area contributed by atoms with Gasteiger partial charge < -0.3 is 10.5 Å². The molecule has 0 aromatic rings. The van der Waals surface area contributed by atoms with Crippen LogP contribution in [0.1, 0.15) is 6.92 Å². The van der Waals surface area contributed by atoms with E-state index in [-0.39, 0.29) is 12.2 Å². The van der Waals surface area contributed by atoms with Gasteiger partial charge >= 0.3 is 0 Å². The van der Waals surface area contributed by atoms with Crippen LogP contribution in [0.15, 0.2) is 0 Å². The Labute approximate surface area is 78.9 Å². The van der Waals surface area contributed by atoms with Crippen LogP contribution in [0.3, 0.4) is 0 Å². The third-order valence-electron chi connectivity index (χ3n) is 2.02. The zero-order valence-electron chi connectivity index (χ0n) is 7.93. The first kappa shape index (κ1) is 10.9. The summed E-state index contributed by atoms with van der Waals surface area (Å²) < 4.78 is 29.3. The van der Waals surface area contributed by atoms with E-state index < -0.39 is 10.0 Å². The van der Waals surface area contributed by atoms with E-state index in [1.807, 2.05) is 6.92 Å². The van der Waals surface area contributed by atoms with E-state index >= 15 is 0 Å². The van der Waals surface area contributed by atoms with Crippen LogP contribution in [-0.4, -0.2) is 50.8 Å². The topological polar surface area (TPSA) is 72.6 Å². The molecule has 13 heavy (non-hydrogen) atoms. The number of hydrogen-bond donors (Lipinski definition) is 1. The van der Waals surface area contributed by atoms with Crippen molar-refractivity contribution in [1.29, 1.82) is 0 Å². The number of morpholine rings is 1. The number of nitrogens with two attached hydrogens (primary N) is 1. The van der Waals surface area contributed by atoms with E-state index in [1.165, 1.54) is 10.6 Å². The van der Waals surface area contributed by atoms with Gasteiger partial charge in [0.1, 0.15) is 0 Å². The number of sulfonamides is 1. The summed E-state index contributed by atoms with van der Waals surface area (Å²) in [6.07, 6.45) is 0.967. The molecule has 2 N–H and O–H groups in total. The average Bonchev–Trinajstić information content (AvgIpc) is 2.01. The van der Waals surface area contributed by atoms with Gasteiger partial charge in [-0.15, -0.1) is 0 Å². The molecule has 0 aromatic carbocycles. The van der Waals surface area contributed by atoms with Gasteiger partial charge in [-0.3, -0.25) is 0 Å². The van der Waals surface area contributed by atoms with Crippen LogP contribution in [-0.2, 0) is 14.8 Å². The first-order valence-corrected chi connectivity index (χ1v) is 6.09. The lowest BCUT2D eigenvalue weighted by molar-refractivity contribution is -0.0484. The molecule has 5 nitrogen and oxygen atoms in total. The SMILES string of the molecule is CC1CN(S(C)(=O)=O)CC(CN)O1. The van der Waals surface area contributed by atoms with Crippen molar-refractivity contribution in [3.8, 4) is 0 Å². The summed E-state index contributed by atoms with van der Waals surface area (Å²) in [4.78, 5) is 0. The van der Waals surface area contributed by atoms with Crippen molar-refractivity contribution >= 4 is 10.0 Å². The van der Waals surface area contributed by atoms with Crippen LogP contribution in [0, 0.1) is 0 Å². The molecule has 1 fully saturated rings. The quantitative estimate of drug-likeness (QED) is 0.631. The molecule has 1 aliphatic heterocycles. The van der Waals surface area contributed by atoms with Gasteiger partial charge in [-0.05, 0) is 6.92 Å². The molecule has 1 saturated heterocycles. The van der Waals surface area contributed by atoms with Crippen molar-refractivity contribution in [3.63, 3.8) is 0 Å². The molecule has 6 heteroatoms. The van der Waals surface area contributed by atoms with Gasteiger partial charge in [0.2, 0.25) is 10.0 Å². The zero-order chi connectivity index (χ0) is 10.1. The Morgan fingerprint density at radius 3 is 2.62 bits per heavy atom. The van der Waals surface area contributed by atoms with Crippen molar-refractivity contribution in [2.24, 2.45) is 5.73 Å². The highest BCUT2D eigenvalue weighted by atomic mass is 32.2. The molecular weight excluding hydrogens is 192 g/mol. The fourth-order valence-corrected chi connectivity index (χ4v) is 2.32. The van der Waals surface area contributed by atoms with E-state index in [2.05, 4.69) is 0 Å². The summed E-state index contributed by atoms with van der Waals surface area (Å²) in [7, 11) is -3.10. The number of hydrogen-bond acceptors (Lipinski definition) is 4. The second-order valence-electron chi connectivity index (χ2n) is 3.38. The molecule has 1 aliphatic rings. The molecule has 0 bridgehead atoms. The monoisotopic (exact) mass is 208 g/mol. The van der Waals surface area contributed by atoms with E-state index in [0.29, 0.717) is 19.6 Å². The Hall–Kier alpha value is -0.170. The molecule has 0 saturated carbocycles.